The maximum Gasteiger partial charge on any atom is 0.416 e. The van der Waals surface area contributed by atoms with Crippen LogP contribution in [0.2, 0.25) is 0 Å². The van der Waals surface area contributed by atoms with Crippen LogP contribution in [0.25, 0.3) is 11.4 Å². The molecule has 0 saturated carbocycles. The van der Waals surface area contributed by atoms with Gasteiger partial charge in [-0.2, -0.15) is 13.2 Å². The zero-order valence-corrected chi connectivity index (χ0v) is 12.7. The molecular formula is C17H12F3N3O2. The Balaban J connectivity index is 1.67. The van der Waals surface area contributed by atoms with Gasteiger partial charge in [-0.05, 0) is 23.8 Å². The Morgan fingerprint density at radius 1 is 1.08 bits per heavy atom. The van der Waals surface area contributed by atoms with E-state index in [0.29, 0.717) is 11.4 Å². The fourth-order valence-electron chi connectivity index (χ4n) is 2.19. The summed E-state index contributed by atoms with van der Waals surface area (Å²) in [5.41, 5.74) is 0.464. The van der Waals surface area contributed by atoms with Crippen LogP contribution in [-0.2, 0) is 17.4 Å². The first-order valence-electron chi connectivity index (χ1n) is 7.26. The number of rotatable bonds is 4. The second-order valence-corrected chi connectivity index (χ2v) is 5.21. The van der Waals surface area contributed by atoms with Gasteiger partial charge in [-0.25, -0.2) is 0 Å². The number of carbonyl (C=O) groups is 1. The van der Waals surface area contributed by atoms with E-state index in [9.17, 15) is 18.0 Å². The van der Waals surface area contributed by atoms with Gasteiger partial charge < -0.3 is 4.52 Å². The molecule has 1 aromatic carbocycles. The van der Waals surface area contributed by atoms with E-state index < -0.39 is 17.6 Å². The summed E-state index contributed by atoms with van der Waals surface area (Å²) in [6.07, 6.45) is -3.07. The van der Waals surface area contributed by atoms with Crippen molar-refractivity contribution in [2.75, 3.05) is 5.32 Å². The van der Waals surface area contributed by atoms with Crippen molar-refractivity contribution < 1.29 is 22.5 Å². The molecule has 3 aromatic rings. The molecule has 0 radical (unpaired) electrons. The van der Waals surface area contributed by atoms with Crippen molar-refractivity contribution in [1.82, 2.24) is 10.1 Å². The molecular weight excluding hydrogens is 335 g/mol. The van der Waals surface area contributed by atoms with Crippen molar-refractivity contribution in [3.05, 3.63) is 65.9 Å². The first-order valence-corrected chi connectivity index (χ1v) is 7.26. The van der Waals surface area contributed by atoms with Crippen LogP contribution in [0.1, 0.15) is 11.1 Å². The number of nitrogens with zero attached hydrogens (tertiary/aromatic N) is 2. The van der Waals surface area contributed by atoms with Gasteiger partial charge >= 0.3 is 6.18 Å². The van der Waals surface area contributed by atoms with E-state index in [4.69, 9.17) is 4.52 Å². The normalized spacial score (nSPS) is 11.3. The predicted molar refractivity (Wildman–Crippen MR) is 83.5 cm³/mol. The van der Waals surface area contributed by atoms with E-state index in [2.05, 4.69) is 15.5 Å². The van der Waals surface area contributed by atoms with E-state index >= 15 is 0 Å². The second kappa shape index (κ2) is 6.76. The van der Waals surface area contributed by atoms with Crippen molar-refractivity contribution in [2.24, 2.45) is 0 Å². The molecule has 0 atom stereocenters. The summed E-state index contributed by atoms with van der Waals surface area (Å²) < 4.78 is 43.1. The van der Waals surface area contributed by atoms with Gasteiger partial charge in [0, 0.05) is 12.3 Å². The summed E-state index contributed by atoms with van der Waals surface area (Å²) in [5, 5.41) is 6.25. The van der Waals surface area contributed by atoms with E-state index in [-0.39, 0.29) is 17.9 Å². The summed E-state index contributed by atoms with van der Waals surface area (Å²) in [5.74, 6) is -0.416. The highest BCUT2D eigenvalue weighted by Crippen LogP contribution is 2.29. The minimum absolute atomic E-state index is 0.0950. The van der Waals surface area contributed by atoms with Crippen LogP contribution in [0.3, 0.4) is 0 Å². The number of aromatic nitrogens is 2. The van der Waals surface area contributed by atoms with Gasteiger partial charge in [0.15, 0.2) is 0 Å². The van der Waals surface area contributed by atoms with Gasteiger partial charge in [-0.15, -0.1) is 0 Å². The molecule has 0 spiro atoms. The molecule has 8 heteroatoms. The van der Waals surface area contributed by atoms with Gasteiger partial charge in [0.1, 0.15) is 5.69 Å². The van der Waals surface area contributed by atoms with Crippen LogP contribution >= 0.6 is 0 Å². The maximum absolute atomic E-state index is 12.7. The Hall–Kier alpha value is -3.16. The molecule has 0 bridgehead atoms. The number of pyridine rings is 1. The average Bonchev–Trinajstić information content (AvgIpc) is 3.03. The van der Waals surface area contributed by atoms with E-state index in [1.807, 2.05) is 0 Å². The lowest BCUT2D eigenvalue weighted by Crippen LogP contribution is -2.14. The molecule has 2 aromatic heterocycles. The fraction of sp³-hybridized carbons (Fsp3) is 0.118. The highest BCUT2D eigenvalue weighted by atomic mass is 19.4. The largest absolute Gasteiger partial charge is 0.416 e. The summed E-state index contributed by atoms with van der Waals surface area (Å²) in [6, 6.07) is 11.4. The van der Waals surface area contributed by atoms with Crippen molar-refractivity contribution in [1.29, 1.82) is 0 Å². The zero-order valence-electron chi connectivity index (χ0n) is 12.7. The number of hydrogen-bond acceptors (Lipinski definition) is 4. The summed E-state index contributed by atoms with van der Waals surface area (Å²) in [6.45, 7) is 0. The minimum Gasteiger partial charge on any atom is -0.338 e. The summed E-state index contributed by atoms with van der Waals surface area (Å²) >= 11 is 0. The molecule has 3 rings (SSSR count). The van der Waals surface area contributed by atoms with Crippen LogP contribution in [0.5, 0.6) is 0 Å². The van der Waals surface area contributed by atoms with E-state index in [0.717, 1.165) is 12.1 Å². The number of hydrogen-bond donors (Lipinski definition) is 1. The first kappa shape index (κ1) is 16.7. The molecule has 2 heterocycles. The van der Waals surface area contributed by atoms with Crippen molar-refractivity contribution in [3.63, 3.8) is 0 Å². The van der Waals surface area contributed by atoms with Crippen molar-refractivity contribution in [3.8, 4) is 11.4 Å². The van der Waals surface area contributed by atoms with Crippen LogP contribution < -0.4 is 5.32 Å². The molecule has 0 aliphatic rings. The number of amides is 1. The monoisotopic (exact) mass is 347 g/mol. The predicted octanol–water partition coefficient (Wildman–Crippen LogP) is 3.94. The Morgan fingerprint density at radius 2 is 1.92 bits per heavy atom. The average molecular weight is 347 g/mol. The molecule has 1 amide bonds. The Kier molecular flexibility index (Phi) is 4.51. The van der Waals surface area contributed by atoms with E-state index in [1.165, 1.54) is 18.2 Å². The Morgan fingerprint density at radius 3 is 2.64 bits per heavy atom. The standard InChI is InChI=1S/C17H12F3N3O2/c18-17(19,20)12-5-3-4-11(8-12)9-15(24)22-16-10-14(23-25-16)13-6-1-2-7-21-13/h1-8,10H,9H2,(H,22,24). The molecule has 1 N–H and O–H groups in total. The van der Waals surface area contributed by atoms with Crippen molar-refractivity contribution >= 4 is 11.8 Å². The van der Waals surface area contributed by atoms with Gasteiger partial charge in [-0.3, -0.25) is 15.1 Å². The quantitative estimate of drug-likeness (QED) is 0.776. The number of alkyl halides is 3. The Labute approximate surface area is 140 Å². The van der Waals surface area contributed by atoms with Crippen LogP contribution in [-0.4, -0.2) is 16.0 Å². The third-order valence-corrected chi connectivity index (χ3v) is 3.32. The number of halogens is 3. The summed E-state index contributed by atoms with van der Waals surface area (Å²) in [4.78, 5) is 16.1. The van der Waals surface area contributed by atoms with E-state index in [1.54, 1.807) is 24.4 Å². The zero-order chi connectivity index (χ0) is 17.9. The molecule has 5 nitrogen and oxygen atoms in total. The first-order chi connectivity index (χ1) is 11.9. The minimum atomic E-state index is -4.45. The summed E-state index contributed by atoms with van der Waals surface area (Å²) in [7, 11) is 0. The number of anilines is 1. The smallest absolute Gasteiger partial charge is 0.338 e. The highest BCUT2D eigenvalue weighted by molar-refractivity contribution is 5.91. The fourth-order valence-corrected chi connectivity index (χ4v) is 2.19. The molecule has 0 fully saturated rings. The topological polar surface area (TPSA) is 68.0 Å². The Bertz CT molecular complexity index is 876. The number of nitrogens with one attached hydrogen (secondary N) is 1. The number of benzene rings is 1. The SMILES string of the molecule is O=C(Cc1cccc(C(F)(F)F)c1)Nc1cc(-c2ccccn2)no1. The van der Waals surface area contributed by atoms with Crippen LogP contribution in [0, 0.1) is 0 Å². The lowest BCUT2D eigenvalue weighted by atomic mass is 10.1. The van der Waals surface area contributed by atoms with Crippen LogP contribution in [0.4, 0.5) is 19.1 Å². The van der Waals surface area contributed by atoms with Gasteiger partial charge in [0.25, 0.3) is 0 Å². The molecule has 0 saturated heterocycles. The molecule has 0 aliphatic carbocycles. The van der Waals surface area contributed by atoms with Gasteiger partial charge in [0.2, 0.25) is 11.8 Å². The van der Waals surface area contributed by atoms with Crippen molar-refractivity contribution in [2.45, 2.75) is 12.6 Å². The highest BCUT2D eigenvalue weighted by Gasteiger charge is 2.30. The van der Waals surface area contributed by atoms with Gasteiger partial charge in [-0.1, -0.05) is 29.4 Å². The van der Waals surface area contributed by atoms with Crippen LogP contribution in [0.15, 0.2) is 59.3 Å². The third-order valence-electron chi connectivity index (χ3n) is 3.32. The van der Waals surface area contributed by atoms with Gasteiger partial charge in [0.05, 0.1) is 17.7 Å². The number of carbonyl (C=O) groups excluding carboxylic acids is 1. The second-order valence-electron chi connectivity index (χ2n) is 5.21. The lowest BCUT2D eigenvalue weighted by molar-refractivity contribution is -0.137. The molecule has 128 valence electrons. The maximum atomic E-state index is 12.7. The molecule has 25 heavy (non-hydrogen) atoms. The third kappa shape index (κ3) is 4.23. The lowest BCUT2D eigenvalue weighted by Gasteiger charge is -2.08. The molecule has 0 aliphatic heterocycles. The molecule has 0 unspecified atom stereocenters.